The van der Waals surface area contributed by atoms with E-state index in [9.17, 15) is 19.2 Å². The van der Waals surface area contributed by atoms with Gasteiger partial charge in [-0.25, -0.2) is 0 Å². The van der Waals surface area contributed by atoms with Crippen molar-refractivity contribution in [3.05, 3.63) is 17.5 Å². The molecule has 0 saturated carbocycles. The van der Waals surface area contributed by atoms with Crippen molar-refractivity contribution in [3.63, 3.8) is 0 Å². The van der Waals surface area contributed by atoms with E-state index in [2.05, 4.69) is 5.10 Å². The van der Waals surface area contributed by atoms with Gasteiger partial charge in [0.15, 0.2) is 11.8 Å². The number of carbonyl (C=O) groups is 4. The number of nitrogens with zero attached hydrogens (tertiary/aromatic N) is 2. The number of carboxylic acids is 4. The number of hydrogen-bond donors (Lipinski definition) is 4. The van der Waals surface area contributed by atoms with Crippen molar-refractivity contribution in [3.8, 4) is 0 Å². The molecular formula is C13H16N2O8. The lowest BCUT2D eigenvalue weighted by atomic mass is 10.0. The molecule has 0 aromatic carbocycles. The number of hydrogen-bond acceptors (Lipinski definition) is 5. The van der Waals surface area contributed by atoms with E-state index in [1.807, 2.05) is 0 Å². The van der Waals surface area contributed by atoms with E-state index < -0.39 is 35.7 Å². The van der Waals surface area contributed by atoms with E-state index in [1.54, 1.807) is 6.92 Å². The zero-order chi connectivity index (χ0) is 17.7. The lowest BCUT2D eigenvalue weighted by Gasteiger charge is -2.08. The van der Waals surface area contributed by atoms with E-state index in [0.29, 0.717) is 6.54 Å². The lowest BCUT2D eigenvalue weighted by Crippen LogP contribution is -2.26. The Balaban J connectivity index is 3.05. The molecule has 0 radical (unpaired) electrons. The van der Waals surface area contributed by atoms with Crippen molar-refractivity contribution in [2.24, 2.45) is 11.8 Å². The van der Waals surface area contributed by atoms with Gasteiger partial charge >= 0.3 is 23.9 Å². The lowest BCUT2D eigenvalue weighted by molar-refractivity contribution is -0.156. The van der Waals surface area contributed by atoms with Crippen molar-refractivity contribution in [2.45, 2.75) is 26.3 Å². The molecule has 23 heavy (non-hydrogen) atoms. The highest BCUT2D eigenvalue weighted by molar-refractivity contribution is 5.93. The monoisotopic (exact) mass is 328 g/mol. The fourth-order valence-corrected chi connectivity index (χ4v) is 2.03. The van der Waals surface area contributed by atoms with Crippen LogP contribution >= 0.6 is 0 Å². The van der Waals surface area contributed by atoms with Gasteiger partial charge in [0.1, 0.15) is 0 Å². The molecule has 0 fully saturated rings. The molecule has 0 aliphatic rings. The molecule has 4 N–H and O–H groups in total. The molecule has 1 aromatic heterocycles. The Kier molecular flexibility index (Phi) is 5.82. The molecule has 0 aliphatic heterocycles. The third-order valence-corrected chi connectivity index (χ3v) is 3.23. The predicted octanol–water partition coefficient (Wildman–Crippen LogP) is -0.441. The highest BCUT2D eigenvalue weighted by Gasteiger charge is 2.30. The zero-order valence-corrected chi connectivity index (χ0v) is 12.2. The van der Waals surface area contributed by atoms with Crippen LogP contribution in [-0.4, -0.2) is 54.1 Å². The van der Waals surface area contributed by atoms with Crippen molar-refractivity contribution in [1.82, 2.24) is 9.78 Å². The quantitative estimate of drug-likeness (QED) is 0.439. The molecule has 1 aromatic rings. The minimum atomic E-state index is -1.68. The normalized spacial score (nSPS) is 10.9. The van der Waals surface area contributed by atoms with Crippen LogP contribution in [0, 0.1) is 11.8 Å². The Hall–Kier alpha value is -2.91. The number of aryl methyl sites for hydroxylation is 1. The SMILES string of the molecule is CCn1nc(CC(C(=O)O)C(=O)O)cc1CC(C(=O)O)C(=O)O. The molecule has 10 nitrogen and oxygen atoms in total. The molecule has 0 unspecified atom stereocenters. The molecule has 126 valence electrons. The van der Waals surface area contributed by atoms with Crippen LogP contribution in [0.5, 0.6) is 0 Å². The smallest absolute Gasteiger partial charge is 0.318 e. The van der Waals surface area contributed by atoms with Gasteiger partial charge in [-0.05, 0) is 13.0 Å². The van der Waals surface area contributed by atoms with Gasteiger partial charge in [0.2, 0.25) is 0 Å². The Morgan fingerprint density at radius 2 is 1.39 bits per heavy atom. The fraction of sp³-hybridized carbons (Fsp3) is 0.462. The van der Waals surface area contributed by atoms with Crippen LogP contribution in [0.4, 0.5) is 0 Å². The fourth-order valence-electron chi connectivity index (χ4n) is 2.03. The highest BCUT2D eigenvalue weighted by atomic mass is 16.4. The first-order valence-electron chi connectivity index (χ1n) is 6.64. The highest BCUT2D eigenvalue weighted by Crippen LogP contribution is 2.15. The van der Waals surface area contributed by atoms with Gasteiger partial charge in [-0.15, -0.1) is 0 Å². The van der Waals surface area contributed by atoms with Gasteiger partial charge in [-0.1, -0.05) is 0 Å². The average molecular weight is 328 g/mol. The van der Waals surface area contributed by atoms with Crippen LogP contribution < -0.4 is 0 Å². The third kappa shape index (κ3) is 4.53. The van der Waals surface area contributed by atoms with Crippen LogP contribution in [-0.2, 0) is 38.6 Å². The zero-order valence-electron chi connectivity index (χ0n) is 12.2. The largest absolute Gasteiger partial charge is 0.481 e. The molecule has 0 aliphatic carbocycles. The Morgan fingerprint density at radius 1 is 0.957 bits per heavy atom. The van der Waals surface area contributed by atoms with E-state index >= 15 is 0 Å². The summed E-state index contributed by atoms with van der Waals surface area (Å²) < 4.78 is 1.33. The van der Waals surface area contributed by atoms with Gasteiger partial charge in [0.05, 0.1) is 5.69 Å². The number of aromatic nitrogens is 2. The summed E-state index contributed by atoms with van der Waals surface area (Å²) in [4.78, 5) is 43.7. The van der Waals surface area contributed by atoms with Crippen LogP contribution in [0.15, 0.2) is 6.07 Å². The molecule has 1 heterocycles. The first-order chi connectivity index (χ1) is 10.7. The molecule has 10 heteroatoms. The minimum absolute atomic E-state index is 0.145. The summed E-state index contributed by atoms with van der Waals surface area (Å²) in [6.07, 6.45) is -0.716. The third-order valence-electron chi connectivity index (χ3n) is 3.23. The second-order valence-electron chi connectivity index (χ2n) is 4.81. The summed E-state index contributed by atoms with van der Waals surface area (Å²) >= 11 is 0. The van der Waals surface area contributed by atoms with Crippen LogP contribution in [0.1, 0.15) is 18.3 Å². The minimum Gasteiger partial charge on any atom is -0.481 e. The molecule has 0 spiro atoms. The van der Waals surface area contributed by atoms with Crippen molar-refractivity contribution < 1.29 is 39.6 Å². The number of rotatable bonds is 9. The number of carboxylic acid groups (broad SMARTS) is 4. The van der Waals surface area contributed by atoms with E-state index in [-0.39, 0.29) is 24.2 Å². The van der Waals surface area contributed by atoms with E-state index in [0.717, 1.165) is 0 Å². The van der Waals surface area contributed by atoms with Crippen LogP contribution in [0.2, 0.25) is 0 Å². The van der Waals surface area contributed by atoms with Crippen LogP contribution in [0.3, 0.4) is 0 Å². The maximum absolute atomic E-state index is 10.9. The summed E-state index contributed by atoms with van der Waals surface area (Å²) in [7, 11) is 0. The Morgan fingerprint density at radius 3 is 1.78 bits per heavy atom. The standard InChI is InChI=1S/C13H16N2O8/c1-2-15-7(5-9(12(20)21)13(22)23)3-6(14-15)4-8(10(16)17)11(18)19/h3,8-9H,2,4-5H2,1H3,(H,16,17)(H,18,19)(H,20,21)(H,22,23). The summed E-state index contributed by atoms with van der Waals surface area (Å²) in [5.41, 5.74) is 0.429. The maximum atomic E-state index is 10.9. The topological polar surface area (TPSA) is 167 Å². The molecule has 0 saturated heterocycles. The summed E-state index contributed by atoms with van der Waals surface area (Å²) in [6.45, 7) is 1.98. The Labute approximate surface area is 130 Å². The van der Waals surface area contributed by atoms with Crippen molar-refractivity contribution in [2.75, 3.05) is 0 Å². The van der Waals surface area contributed by atoms with Gasteiger partial charge in [-0.3, -0.25) is 23.9 Å². The predicted molar refractivity (Wildman–Crippen MR) is 72.8 cm³/mol. The van der Waals surface area contributed by atoms with Gasteiger partial charge in [0.25, 0.3) is 0 Å². The van der Waals surface area contributed by atoms with Crippen molar-refractivity contribution in [1.29, 1.82) is 0 Å². The van der Waals surface area contributed by atoms with Gasteiger partial charge in [-0.2, -0.15) is 5.10 Å². The molecule has 1 rings (SSSR count). The summed E-state index contributed by atoms with van der Waals surface area (Å²) in [5, 5.41) is 39.5. The van der Waals surface area contributed by atoms with Crippen LogP contribution in [0.25, 0.3) is 0 Å². The summed E-state index contributed by atoms with van der Waals surface area (Å²) in [6, 6.07) is 1.33. The van der Waals surface area contributed by atoms with Gasteiger partial charge < -0.3 is 20.4 Å². The second-order valence-corrected chi connectivity index (χ2v) is 4.81. The van der Waals surface area contributed by atoms with E-state index in [4.69, 9.17) is 20.4 Å². The average Bonchev–Trinajstić information content (AvgIpc) is 2.82. The molecule has 0 amide bonds. The Bertz CT molecular complexity index is 608. The molecule has 0 bridgehead atoms. The second kappa shape index (κ2) is 7.38. The van der Waals surface area contributed by atoms with Crippen molar-refractivity contribution >= 4 is 23.9 Å². The van der Waals surface area contributed by atoms with Gasteiger partial charge in [0, 0.05) is 25.1 Å². The molecule has 0 atom stereocenters. The molecular weight excluding hydrogens is 312 g/mol. The van der Waals surface area contributed by atoms with E-state index in [1.165, 1.54) is 10.7 Å². The first kappa shape index (κ1) is 18.1. The summed E-state index contributed by atoms with van der Waals surface area (Å²) in [5.74, 6) is -9.39. The first-order valence-corrected chi connectivity index (χ1v) is 6.64. The maximum Gasteiger partial charge on any atom is 0.318 e. The number of aliphatic carboxylic acids is 4.